The molecule has 8 heavy (non-hydrogen) atoms. The molecule has 0 aliphatic carbocycles. The van der Waals surface area contributed by atoms with E-state index in [0.29, 0.717) is 12.6 Å². The van der Waals surface area contributed by atoms with Crippen LogP contribution in [0.5, 0.6) is 0 Å². The molecule has 1 radical (unpaired) electrons. The maximum absolute atomic E-state index is 2.88. The Balaban J connectivity index is 0.000000145. The molecule has 0 saturated carbocycles. The van der Waals surface area contributed by atoms with E-state index in [9.17, 15) is 0 Å². The smallest absolute Gasteiger partial charge is 0.276 e. The minimum Gasteiger partial charge on any atom is -0.276 e. The topological polar surface area (TPSA) is 0 Å². The summed E-state index contributed by atoms with van der Waals surface area (Å²) >= 11 is 6.84. The van der Waals surface area contributed by atoms with Crippen molar-refractivity contribution < 1.29 is 0 Å². The van der Waals surface area contributed by atoms with Gasteiger partial charge in [-0.25, -0.2) is 0 Å². The Morgan fingerprint density at radius 3 is 2.25 bits per heavy atom. The molecule has 0 bridgehead atoms. The first-order chi connectivity index (χ1) is 3.91. The molecule has 1 aromatic rings. The minimum absolute atomic E-state index is 0.357. The summed E-state index contributed by atoms with van der Waals surface area (Å²) in [5.74, 6) is 0. The predicted octanol–water partition coefficient (Wildman–Crippen LogP) is 2.94. The fraction of sp³-hybridized carbons (Fsp3) is 0. The van der Waals surface area contributed by atoms with Gasteiger partial charge in [-0.2, -0.15) is 11.3 Å². The molecule has 0 aliphatic heterocycles. The molecule has 0 aromatic carbocycles. The van der Waals surface area contributed by atoms with Crippen molar-refractivity contribution in [3.63, 3.8) is 0 Å². The molecule has 1 aromatic heterocycles. The number of hydrogen-bond donors (Lipinski definition) is 0. The van der Waals surface area contributed by atoms with Gasteiger partial charge < -0.3 is 0 Å². The second-order valence-corrected chi connectivity index (χ2v) is 15.1. The summed E-state index contributed by atoms with van der Waals surface area (Å²) in [6, 6.07) is 4.77. The van der Waals surface area contributed by atoms with Gasteiger partial charge in [-0.15, -0.1) is 0 Å². The number of hydrogen-bond acceptors (Lipinski definition) is 1. The van der Waals surface area contributed by atoms with Crippen molar-refractivity contribution in [2.75, 3.05) is 0 Å². The third-order valence-electron chi connectivity index (χ3n) is 0.379. The molecule has 0 spiro atoms. The molecule has 0 atom stereocenters. The molecule has 1 heterocycles. The standard InChI is InChI=1S/C4H3S.2HI.Mg/c1-2-4-5-3-1;;;/h1,3-4H;2*1H;/q;;;+2/p-2. The first-order valence-electron chi connectivity index (χ1n) is 1.92. The van der Waals surface area contributed by atoms with Gasteiger partial charge >= 0.3 is 12.6 Å². The Kier molecular flexibility index (Phi) is 11.1. The zero-order valence-electron chi connectivity index (χ0n) is 4.10. The van der Waals surface area contributed by atoms with Gasteiger partial charge in [0.05, 0.1) is 0 Å². The average molecular weight is 361 g/mol. The van der Waals surface area contributed by atoms with E-state index < -0.39 is 0 Å². The van der Waals surface area contributed by atoms with Gasteiger partial charge in [0.2, 0.25) is 0 Å². The largest absolute Gasteiger partial charge is 0.552 e. The molecule has 1 rings (SSSR count). The van der Waals surface area contributed by atoms with Crippen molar-refractivity contribution >= 4 is 61.6 Å². The van der Waals surface area contributed by atoms with Crippen LogP contribution in [-0.4, -0.2) is 12.6 Å². The van der Waals surface area contributed by atoms with Crippen molar-refractivity contribution in [1.82, 2.24) is 0 Å². The van der Waals surface area contributed by atoms with Crippen LogP contribution < -0.4 is 0 Å². The van der Waals surface area contributed by atoms with Crippen LogP contribution in [0.2, 0.25) is 0 Å². The third kappa shape index (κ3) is 7.93. The van der Waals surface area contributed by atoms with Gasteiger partial charge in [-0.1, -0.05) is 0 Å². The van der Waals surface area contributed by atoms with Gasteiger partial charge in [0.1, 0.15) is 0 Å². The molecule has 0 amide bonds. The monoisotopic (exact) mass is 361 g/mol. The molecule has 0 aliphatic rings. The quantitative estimate of drug-likeness (QED) is 0.493. The zero-order valence-corrected chi connectivity index (χ0v) is 10.6. The van der Waals surface area contributed by atoms with E-state index in [2.05, 4.69) is 43.8 Å². The van der Waals surface area contributed by atoms with Gasteiger partial charge in [0.15, 0.2) is 0 Å². The maximum atomic E-state index is 2.88. The lowest BCUT2D eigenvalue weighted by Gasteiger charge is -1.39. The summed E-state index contributed by atoms with van der Waals surface area (Å²) in [7, 11) is 0. The molecule has 0 N–H and O–H groups in total. The molecule has 0 nitrogen and oxygen atoms in total. The molecular formula is C4H3I2MgS. The summed E-state index contributed by atoms with van der Waals surface area (Å²) in [6.45, 7) is 0. The summed E-state index contributed by atoms with van der Waals surface area (Å²) in [4.78, 5) is 0. The fourth-order valence-corrected chi connectivity index (χ4v) is 0.589. The number of rotatable bonds is 0. The minimum atomic E-state index is 0.357. The molecule has 4 heteroatoms. The lowest BCUT2D eigenvalue weighted by atomic mass is 10.7. The van der Waals surface area contributed by atoms with E-state index in [1.54, 1.807) is 11.3 Å². The molecule has 41 valence electrons. The van der Waals surface area contributed by atoms with Crippen LogP contribution in [0.1, 0.15) is 0 Å². The maximum Gasteiger partial charge on any atom is 0.552 e. The first kappa shape index (κ1) is 9.93. The van der Waals surface area contributed by atoms with Crippen molar-refractivity contribution in [3.05, 3.63) is 22.9 Å². The Bertz CT molecular complexity index is 80.9. The second kappa shape index (κ2) is 8.93. The predicted molar refractivity (Wildman–Crippen MR) is 56.9 cm³/mol. The van der Waals surface area contributed by atoms with Gasteiger partial charge in [-0.05, 0) is 22.9 Å². The molecular weight excluding hydrogens is 358 g/mol. The van der Waals surface area contributed by atoms with Gasteiger partial charge in [-0.3, -0.25) is 37.7 Å². The number of thiophene rings is 1. The van der Waals surface area contributed by atoms with Crippen molar-refractivity contribution in [1.29, 1.82) is 0 Å². The Labute approximate surface area is 82.9 Å². The number of halogens is 2. The Morgan fingerprint density at radius 2 is 2.12 bits per heavy atom. The van der Waals surface area contributed by atoms with Crippen LogP contribution in [0, 0.1) is 6.07 Å². The first-order valence-corrected chi connectivity index (χ1v) is 13.1. The van der Waals surface area contributed by atoms with E-state index in [1.807, 2.05) is 16.8 Å². The van der Waals surface area contributed by atoms with E-state index in [-0.39, 0.29) is 0 Å². The molecule has 0 unspecified atom stereocenters. The van der Waals surface area contributed by atoms with Gasteiger partial charge in [0, 0.05) is 0 Å². The lowest BCUT2D eigenvalue weighted by molar-refractivity contribution is 1.99. The highest BCUT2D eigenvalue weighted by atomic mass is 127. The Hall–Kier alpha value is 1.93. The van der Waals surface area contributed by atoms with Crippen LogP contribution in [0.4, 0.5) is 0 Å². The summed E-state index contributed by atoms with van der Waals surface area (Å²) < 4.78 is 0. The summed E-state index contributed by atoms with van der Waals surface area (Å²) in [5.41, 5.74) is 0. The van der Waals surface area contributed by atoms with E-state index >= 15 is 0 Å². The highest BCUT2D eigenvalue weighted by Crippen LogP contribution is 1.90. The van der Waals surface area contributed by atoms with Gasteiger partial charge in [0.25, 0.3) is 0 Å². The van der Waals surface area contributed by atoms with Crippen LogP contribution in [0.3, 0.4) is 0 Å². The SMILES string of the molecule is [I][Mg][I].[c]1ccsc1. The van der Waals surface area contributed by atoms with E-state index in [4.69, 9.17) is 0 Å². The fourth-order valence-electron chi connectivity index (χ4n) is 0.196. The van der Waals surface area contributed by atoms with Crippen molar-refractivity contribution in [3.8, 4) is 0 Å². The second-order valence-electron chi connectivity index (χ2n) is 0.824. The summed E-state index contributed by atoms with van der Waals surface area (Å²) in [5, 5.41) is 3.90. The zero-order chi connectivity index (χ0) is 6.24. The lowest BCUT2D eigenvalue weighted by Crippen LogP contribution is -1.30. The normalized spacial score (nSPS) is 6.25. The third-order valence-corrected chi connectivity index (χ3v) is 0.944. The highest BCUT2D eigenvalue weighted by molar-refractivity contribution is 14.3. The van der Waals surface area contributed by atoms with Crippen LogP contribution in [-0.2, 0) is 0 Å². The van der Waals surface area contributed by atoms with Crippen LogP contribution >= 0.6 is 49.0 Å². The van der Waals surface area contributed by atoms with Crippen LogP contribution in [0.15, 0.2) is 16.8 Å². The van der Waals surface area contributed by atoms with Crippen molar-refractivity contribution in [2.24, 2.45) is 0 Å². The van der Waals surface area contributed by atoms with Crippen LogP contribution in [0.25, 0.3) is 0 Å². The average Bonchev–Trinajstić information content (AvgIpc) is 2.17. The van der Waals surface area contributed by atoms with E-state index in [1.165, 1.54) is 0 Å². The highest BCUT2D eigenvalue weighted by Gasteiger charge is 1.61. The Morgan fingerprint density at radius 1 is 1.50 bits per heavy atom. The van der Waals surface area contributed by atoms with Crippen molar-refractivity contribution in [2.45, 2.75) is 0 Å². The van der Waals surface area contributed by atoms with E-state index in [0.717, 1.165) is 0 Å². The summed E-state index contributed by atoms with van der Waals surface area (Å²) in [6.07, 6.45) is 0. The molecule has 0 saturated heterocycles. The molecule has 0 fully saturated rings.